The summed E-state index contributed by atoms with van der Waals surface area (Å²) in [5, 5.41) is 0.245. The van der Waals surface area contributed by atoms with Crippen molar-refractivity contribution in [3.05, 3.63) is 35.4 Å². The lowest BCUT2D eigenvalue weighted by molar-refractivity contribution is -0.132. The number of thioether (sulfide) groups is 1. The standard InChI is InChI=1S/C16H21NOS/c1-11(2)12-3-7-14(8-4-12)16-17(9-10-19-16)15(18)13-5-6-13/h3-4,7-8,11,13,16H,5-6,9-10H2,1-2H3. The highest BCUT2D eigenvalue weighted by Gasteiger charge is 2.39. The zero-order valence-electron chi connectivity index (χ0n) is 11.6. The Morgan fingerprint density at radius 1 is 1.26 bits per heavy atom. The van der Waals surface area contributed by atoms with Crippen LogP contribution >= 0.6 is 11.8 Å². The molecule has 1 atom stereocenters. The van der Waals surface area contributed by atoms with Gasteiger partial charge < -0.3 is 4.90 Å². The number of carbonyl (C=O) groups is 1. The third-order valence-corrected chi connectivity index (χ3v) is 5.25. The van der Waals surface area contributed by atoms with Crippen molar-refractivity contribution >= 4 is 17.7 Å². The van der Waals surface area contributed by atoms with Gasteiger partial charge in [0.1, 0.15) is 5.37 Å². The summed E-state index contributed by atoms with van der Waals surface area (Å²) in [5.41, 5.74) is 2.65. The van der Waals surface area contributed by atoms with E-state index in [9.17, 15) is 4.79 Å². The number of carbonyl (C=O) groups excluding carboxylic acids is 1. The zero-order valence-corrected chi connectivity index (χ0v) is 12.5. The van der Waals surface area contributed by atoms with Gasteiger partial charge in [-0.2, -0.15) is 0 Å². The van der Waals surface area contributed by atoms with Crippen LogP contribution in [0.2, 0.25) is 0 Å². The van der Waals surface area contributed by atoms with Gasteiger partial charge in [0.2, 0.25) is 5.91 Å². The molecule has 1 aliphatic heterocycles. The maximum absolute atomic E-state index is 12.3. The average Bonchev–Trinajstić information content (AvgIpc) is 3.15. The zero-order chi connectivity index (χ0) is 13.4. The van der Waals surface area contributed by atoms with Crippen LogP contribution in [0.15, 0.2) is 24.3 Å². The van der Waals surface area contributed by atoms with Gasteiger partial charge in [-0.3, -0.25) is 4.79 Å². The van der Waals surface area contributed by atoms with Gasteiger partial charge in [-0.1, -0.05) is 38.1 Å². The Balaban J connectivity index is 1.78. The predicted molar refractivity (Wildman–Crippen MR) is 80.2 cm³/mol. The van der Waals surface area contributed by atoms with Crippen LogP contribution in [0, 0.1) is 5.92 Å². The van der Waals surface area contributed by atoms with Crippen LogP contribution in [-0.2, 0) is 4.79 Å². The van der Waals surface area contributed by atoms with Crippen molar-refractivity contribution in [1.82, 2.24) is 4.90 Å². The summed E-state index contributed by atoms with van der Waals surface area (Å²) in [5.74, 6) is 2.34. The van der Waals surface area contributed by atoms with Crippen molar-refractivity contribution in [2.45, 2.75) is 38.0 Å². The molecule has 3 heteroatoms. The SMILES string of the molecule is CC(C)c1ccc(C2SCCN2C(=O)C2CC2)cc1. The first-order chi connectivity index (χ1) is 9.16. The highest BCUT2D eigenvalue weighted by atomic mass is 32.2. The van der Waals surface area contributed by atoms with Crippen molar-refractivity contribution in [2.75, 3.05) is 12.3 Å². The van der Waals surface area contributed by atoms with Crippen LogP contribution < -0.4 is 0 Å². The summed E-state index contributed by atoms with van der Waals surface area (Å²) in [4.78, 5) is 14.4. The molecule has 1 aromatic carbocycles. The van der Waals surface area contributed by atoms with Gasteiger partial charge in [-0.25, -0.2) is 0 Å². The maximum Gasteiger partial charge on any atom is 0.226 e. The maximum atomic E-state index is 12.3. The second-order valence-electron chi connectivity index (χ2n) is 5.85. The quantitative estimate of drug-likeness (QED) is 0.836. The van der Waals surface area contributed by atoms with E-state index in [1.165, 1.54) is 11.1 Å². The van der Waals surface area contributed by atoms with E-state index in [2.05, 4.69) is 43.0 Å². The highest BCUT2D eigenvalue weighted by Crippen LogP contribution is 2.42. The lowest BCUT2D eigenvalue weighted by Crippen LogP contribution is -2.31. The molecule has 0 aromatic heterocycles. The smallest absolute Gasteiger partial charge is 0.226 e. The molecule has 1 aromatic rings. The molecule has 2 nitrogen and oxygen atoms in total. The van der Waals surface area contributed by atoms with Gasteiger partial charge in [0.05, 0.1) is 0 Å². The number of hydrogen-bond acceptors (Lipinski definition) is 2. The van der Waals surface area contributed by atoms with Gasteiger partial charge in [-0.15, -0.1) is 11.8 Å². The Bertz CT molecular complexity index is 464. The lowest BCUT2D eigenvalue weighted by Gasteiger charge is -2.24. The molecule has 1 saturated carbocycles. The summed E-state index contributed by atoms with van der Waals surface area (Å²) in [6.45, 7) is 5.33. The van der Waals surface area contributed by atoms with E-state index in [1.807, 2.05) is 11.8 Å². The van der Waals surface area contributed by atoms with E-state index < -0.39 is 0 Å². The van der Waals surface area contributed by atoms with Gasteiger partial charge in [0.25, 0.3) is 0 Å². The number of hydrogen-bond donors (Lipinski definition) is 0. The van der Waals surface area contributed by atoms with Crippen molar-refractivity contribution in [3.8, 4) is 0 Å². The number of rotatable bonds is 3. The summed E-state index contributed by atoms with van der Waals surface area (Å²) in [6.07, 6.45) is 2.19. The topological polar surface area (TPSA) is 20.3 Å². The molecule has 0 N–H and O–H groups in total. The molecule has 1 aliphatic carbocycles. The van der Waals surface area contributed by atoms with E-state index in [0.29, 0.717) is 17.7 Å². The molecule has 0 spiro atoms. The minimum atomic E-state index is 0.245. The van der Waals surface area contributed by atoms with Crippen molar-refractivity contribution in [2.24, 2.45) is 5.92 Å². The fourth-order valence-electron chi connectivity index (χ4n) is 2.58. The fourth-order valence-corrected chi connectivity index (χ4v) is 3.85. The molecule has 1 amide bonds. The Kier molecular flexibility index (Phi) is 3.57. The molecular formula is C16H21NOS. The summed E-state index contributed by atoms with van der Waals surface area (Å²) in [7, 11) is 0. The van der Waals surface area contributed by atoms with Crippen LogP contribution in [0.5, 0.6) is 0 Å². The van der Waals surface area contributed by atoms with Crippen molar-refractivity contribution < 1.29 is 4.79 Å². The lowest BCUT2D eigenvalue weighted by atomic mass is 10.0. The minimum absolute atomic E-state index is 0.245. The molecule has 102 valence electrons. The van der Waals surface area contributed by atoms with Gasteiger partial charge in [-0.05, 0) is 29.9 Å². The van der Waals surface area contributed by atoms with Crippen LogP contribution in [0.4, 0.5) is 0 Å². The van der Waals surface area contributed by atoms with Crippen molar-refractivity contribution in [3.63, 3.8) is 0 Å². The molecule has 0 bridgehead atoms. The predicted octanol–water partition coefficient (Wildman–Crippen LogP) is 3.79. The normalized spacial score (nSPS) is 23.1. The van der Waals surface area contributed by atoms with Gasteiger partial charge in [0.15, 0.2) is 0 Å². The van der Waals surface area contributed by atoms with Gasteiger partial charge >= 0.3 is 0 Å². The molecule has 2 fully saturated rings. The number of benzene rings is 1. The number of amides is 1. The number of nitrogens with zero attached hydrogens (tertiary/aromatic N) is 1. The van der Waals surface area contributed by atoms with Crippen LogP contribution in [0.25, 0.3) is 0 Å². The first-order valence-corrected chi connectivity index (χ1v) is 8.23. The van der Waals surface area contributed by atoms with E-state index in [1.54, 1.807) is 0 Å². The summed E-state index contributed by atoms with van der Waals surface area (Å²) in [6, 6.07) is 8.81. The summed E-state index contributed by atoms with van der Waals surface area (Å²) < 4.78 is 0. The third-order valence-electron chi connectivity index (χ3n) is 3.99. The average molecular weight is 275 g/mol. The minimum Gasteiger partial charge on any atom is -0.325 e. The first kappa shape index (κ1) is 13.0. The van der Waals surface area contributed by atoms with E-state index in [4.69, 9.17) is 0 Å². The van der Waals surface area contributed by atoms with Crippen LogP contribution in [0.3, 0.4) is 0 Å². The van der Waals surface area contributed by atoms with E-state index >= 15 is 0 Å². The summed E-state index contributed by atoms with van der Waals surface area (Å²) >= 11 is 1.90. The van der Waals surface area contributed by atoms with Crippen LogP contribution in [0.1, 0.15) is 49.1 Å². The molecule has 3 rings (SSSR count). The Morgan fingerprint density at radius 3 is 2.53 bits per heavy atom. The third kappa shape index (κ3) is 2.66. The van der Waals surface area contributed by atoms with E-state index in [0.717, 1.165) is 25.1 Å². The Morgan fingerprint density at radius 2 is 1.95 bits per heavy atom. The van der Waals surface area contributed by atoms with E-state index in [-0.39, 0.29) is 5.37 Å². The first-order valence-electron chi connectivity index (χ1n) is 7.19. The molecular weight excluding hydrogens is 254 g/mol. The monoisotopic (exact) mass is 275 g/mol. The largest absolute Gasteiger partial charge is 0.325 e. The molecule has 2 aliphatic rings. The van der Waals surface area contributed by atoms with Gasteiger partial charge in [0, 0.05) is 18.2 Å². The Labute approximate surface area is 119 Å². The molecule has 19 heavy (non-hydrogen) atoms. The fraction of sp³-hybridized carbons (Fsp3) is 0.562. The Hall–Kier alpha value is -0.960. The molecule has 0 radical (unpaired) electrons. The van der Waals surface area contributed by atoms with Crippen molar-refractivity contribution in [1.29, 1.82) is 0 Å². The second-order valence-corrected chi connectivity index (χ2v) is 7.04. The molecule has 1 unspecified atom stereocenters. The second kappa shape index (κ2) is 5.20. The molecule has 1 heterocycles. The van der Waals surface area contributed by atoms with Crippen LogP contribution in [-0.4, -0.2) is 23.1 Å². The molecule has 1 saturated heterocycles. The highest BCUT2D eigenvalue weighted by molar-refractivity contribution is 7.99.